The molecule has 2 amide bonds. The molecule has 27 heavy (non-hydrogen) atoms. The Balaban J connectivity index is 0.00000102. The van der Waals surface area contributed by atoms with E-state index >= 15 is 0 Å². The molecule has 2 aliphatic heterocycles. The van der Waals surface area contributed by atoms with Crippen molar-refractivity contribution in [2.45, 2.75) is 33.0 Å². The topological polar surface area (TPSA) is 114 Å². The van der Waals surface area contributed by atoms with Gasteiger partial charge in [0.25, 0.3) is 11.8 Å². The van der Waals surface area contributed by atoms with Gasteiger partial charge in [-0.1, -0.05) is 13.8 Å². The normalized spacial score (nSPS) is 18.1. The number of rotatable bonds is 2. The van der Waals surface area contributed by atoms with Crippen LogP contribution in [0.3, 0.4) is 0 Å². The molecule has 0 spiro atoms. The van der Waals surface area contributed by atoms with Gasteiger partial charge in [-0.05, 0) is 6.42 Å². The van der Waals surface area contributed by atoms with Crippen molar-refractivity contribution in [3.63, 3.8) is 0 Å². The number of hydrogen-bond acceptors (Lipinski definition) is 7. The van der Waals surface area contributed by atoms with Gasteiger partial charge in [0.15, 0.2) is 22.8 Å². The lowest BCUT2D eigenvalue weighted by Crippen LogP contribution is -2.53. The van der Waals surface area contributed by atoms with E-state index in [1.165, 1.54) is 33.2 Å². The molecule has 1 saturated heterocycles. The number of aromatic hydroxyl groups is 1. The number of pyridine rings is 1. The van der Waals surface area contributed by atoms with Crippen LogP contribution in [0.25, 0.3) is 0 Å². The summed E-state index contributed by atoms with van der Waals surface area (Å²) in [6.45, 7) is 5.28. The first-order chi connectivity index (χ1) is 13.1. The number of carbonyl (C=O) groups is 2. The van der Waals surface area contributed by atoms with E-state index in [2.05, 4.69) is 10.3 Å². The van der Waals surface area contributed by atoms with Crippen LogP contribution in [-0.2, 0) is 11.3 Å². The van der Waals surface area contributed by atoms with Gasteiger partial charge in [-0.3, -0.25) is 19.7 Å². The van der Waals surface area contributed by atoms with E-state index < -0.39 is 29.2 Å². The Morgan fingerprint density at radius 2 is 2.19 bits per heavy atom. The maximum Gasteiger partial charge on any atom is 0.276 e. The van der Waals surface area contributed by atoms with Crippen LogP contribution in [-0.4, -0.2) is 50.8 Å². The summed E-state index contributed by atoms with van der Waals surface area (Å²) < 4.78 is 6.99. The van der Waals surface area contributed by atoms with Crippen LogP contribution >= 0.6 is 11.3 Å². The molecule has 0 saturated carbocycles. The van der Waals surface area contributed by atoms with Crippen LogP contribution in [0.2, 0.25) is 0 Å². The fourth-order valence-electron chi connectivity index (χ4n) is 3.01. The molecule has 4 heterocycles. The number of aromatic nitrogens is 2. The predicted octanol–water partition coefficient (Wildman–Crippen LogP) is 1.49. The molecular weight excluding hydrogens is 372 g/mol. The van der Waals surface area contributed by atoms with Gasteiger partial charge in [-0.15, -0.1) is 11.3 Å². The van der Waals surface area contributed by atoms with Gasteiger partial charge in [-0.25, -0.2) is 4.98 Å². The quantitative estimate of drug-likeness (QED) is 0.800. The van der Waals surface area contributed by atoms with Gasteiger partial charge < -0.3 is 19.3 Å². The molecule has 2 aromatic heterocycles. The molecule has 1 unspecified atom stereocenters. The molecule has 2 aliphatic rings. The lowest BCUT2D eigenvalue weighted by Gasteiger charge is -2.40. The van der Waals surface area contributed by atoms with E-state index in [0.29, 0.717) is 24.7 Å². The fourth-order valence-corrected chi connectivity index (χ4v) is 3.53. The second kappa shape index (κ2) is 7.89. The summed E-state index contributed by atoms with van der Waals surface area (Å²) in [5, 5.41) is 14.8. The number of fused-ring (bicyclic) bond motifs is 2. The van der Waals surface area contributed by atoms with Crippen molar-refractivity contribution in [3.8, 4) is 5.75 Å². The molecule has 0 bridgehead atoms. The SMILES string of the molecule is CC.O=C(Nc1nccs1)c1cn2c(c(O)c1=O)C(=O)N1CCCOC1C2. The number of nitrogens with zero attached hydrogens (tertiary/aromatic N) is 3. The average Bonchev–Trinajstić information content (AvgIpc) is 3.19. The largest absolute Gasteiger partial charge is 0.503 e. The third-order valence-corrected chi connectivity index (χ3v) is 4.86. The van der Waals surface area contributed by atoms with Crippen molar-refractivity contribution < 1.29 is 19.4 Å². The summed E-state index contributed by atoms with van der Waals surface area (Å²) in [5.41, 5.74) is -1.25. The summed E-state index contributed by atoms with van der Waals surface area (Å²) in [4.78, 5) is 42.7. The zero-order valence-corrected chi connectivity index (χ0v) is 15.8. The highest BCUT2D eigenvalue weighted by Crippen LogP contribution is 2.26. The van der Waals surface area contributed by atoms with Crippen LogP contribution in [0.15, 0.2) is 22.6 Å². The molecule has 0 radical (unpaired) electrons. The lowest BCUT2D eigenvalue weighted by atomic mass is 10.1. The molecule has 144 valence electrons. The van der Waals surface area contributed by atoms with Crippen LogP contribution in [0.1, 0.15) is 41.1 Å². The van der Waals surface area contributed by atoms with E-state index in [4.69, 9.17) is 4.74 Å². The average molecular weight is 392 g/mol. The molecule has 1 fully saturated rings. The minimum Gasteiger partial charge on any atom is -0.503 e. The highest BCUT2D eigenvalue weighted by atomic mass is 32.1. The van der Waals surface area contributed by atoms with Crippen molar-refractivity contribution in [1.82, 2.24) is 14.5 Å². The number of thiazole rings is 1. The van der Waals surface area contributed by atoms with Gasteiger partial charge in [0.1, 0.15) is 5.56 Å². The molecule has 0 aromatic carbocycles. The van der Waals surface area contributed by atoms with E-state index in [1.54, 1.807) is 5.38 Å². The standard InChI is InChI=1S/C15H14N4O5S.C2H6/c20-11-8(13(22)17-15-16-2-5-25-15)6-18-7-9-19(3-1-4-24-9)14(23)10(18)12(11)21;1-2/h2,5-6,9,21H,1,3-4,7H2,(H,16,17,22);1-2H3. The summed E-state index contributed by atoms with van der Waals surface area (Å²) in [7, 11) is 0. The molecule has 0 aliphatic carbocycles. The Morgan fingerprint density at radius 3 is 2.89 bits per heavy atom. The first-order valence-electron chi connectivity index (χ1n) is 8.66. The van der Waals surface area contributed by atoms with Crippen LogP contribution in [0, 0.1) is 0 Å². The molecular formula is C17H20N4O5S. The first-order valence-corrected chi connectivity index (χ1v) is 9.54. The third kappa shape index (κ3) is 3.45. The lowest BCUT2D eigenvalue weighted by molar-refractivity contribution is -0.0920. The van der Waals surface area contributed by atoms with Crippen molar-refractivity contribution in [2.24, 2.45) is 0 Å². The Labute approximate surface area is 159 Å². The molecule has 1 atom stereocenters. The van der Waals surface area contributed by atoms with Crippen molar-refractivity contribution in [3.05, 3.63) is 39.3 Å². The van der Waals surface area contributed by atoms with Crippen molar-refractivity contribution in [2.75, 3.05) is 18.5 Å². The predicted molar refractivity (Wildman–Crippen MR) is 99.2 cm³/mol. The summed E-state index contributed by atoms with van der Waals surface area (Å²) >= 11 is 1.20. The van der Waals surface area contributed by atoms with E-state index in [-0.39, 0.29) is 17.8 Å². The van der Waals surface area contributed by atoms with Crippen LogP contribution in [0.4, 0.5) is 5.13 Å². The van der Waals surface area contributed by atoms with Gasteiger partial charge >= 0.3 is 0 Å². The molecule has 2 N–H and O–H groups in total. The number of ether oxygens (including phenoxy) is 1. The van der Waals surface area contributed by atoms with Crippen LogP contribution in [0.5, 0.6) is 5.75 Å². The van der Waals surface area contributed by atoms with Crippen LogP contribution < -0.4 is 10.7 Å². The smallest absolute Gasteiger partial charge is 0.276 e. The molecule has 10 heteroatoms. The van der Waals surface area contributed by atoms with Gasteiger partial charge in [0, 0.05) is 24.3 Å². The summed E-state index contributed by atoms with van der Waals surface area (Å²) in [6.07, 6.45) is 3.03. The molecule has 2 aromatic rings. The monoisotopic (exact) mass is 392 g/mol. The highest BCUT2D eigenvalue weighted by Gasteiger charge is 2.38. The first kappa shape index (κ1) is 19.1. The maximum atomic E-state index is 12.6. The minimum atomic E-state index is -0.884. The zero-order valence-electron chi connectivity index (χ0n) is 15.0. The van der Waals surface area contributed by atoms with Gasteiger partial charge in [0.2, 0.25) is 5.43 Å². The Bertz CT molecular complexity index is 909. The Morgan fingerprint density at radius 1 is 1.41 bits per heavy atom. The molecule has 9 nitrogen and oxygen atoms in total. The van der Waals surface area contributed by atoms with Gasteiger partial charge in [-0.2, -0.15) is 0 Å². The Kier molecular flexibility index (Phi) is 5.57. The van der Waals surface area contributed by atoms with E-state index in [1.807, 2.05) is 13.8 Å². The third-order valence-electron chi connectivity index (χ3n) is 4.17. The number of amides is 2. The maximum absolute atomic E-state index is 12.6. The van der Waals surface area contributed by atoms with E-state index in [9.17, 15) is 19.5 Å². The Hall–Kier alpha value is -2.72. The fraction of sp³-hybridized carbons (Fsp3) is 0.412. The van der Waals surface area contributed by atoms with E-state index in [0.717, 1.165) is 0 Å². The minimum absolute atomic E-state index is 0.113. The van der Waals surface area contributed by atoms with Crippen molar-refractivity contribution in [1.29, 1.82) is 0 Å². The number of nitrogens with one attached hydrogen (secondary N) is 1. The van der Waals surface area contributed by atoms with Crippen molar-refractivity contribution >= 4 is 28.3 Å². The number of anilines is 1. The summed E-state index contributed by atoms with van der Waals surface area (Å²) in [6, 6.07) is 0. The zero-order chi connectivity index (χ0) is 19.6. The second-order valence-electron chi connectivity index (χ2n) is 5.69. The molecule has 4 rings (SSSR count). The number of carbonyl (C=O) groups excluding carboxylic acids is 2. The second-order valence-corrected chi connectivity index (χ2v) is 6.58. The highest BCUT2D eigenvalue weighted by molar-refractivity contribution is 7.13. The summed E-state index contributed by atoms with van der Waals surface area (Å²) in [5.74, 6) is -1.89. The number of hydrogen-bond donors (Lipinski definition) is 2. The van der Waals surface area contributed by atoms with Gasteiger partial charge in [0.05, 0.1) is 13.2 Å².